The van der Waals surface area contributed by atoms with Gasteiger partial charge in [0.05, 0.1) is 35.5 Å². The highest BCUT2D eigenvalue weighted by Gasteiger charge is 2.26. The summed E-state index contributed by atoms with van der Waals surface area (Å²) in [4.78, 5) is 60.2. The SMILES string of the molecule is COCCOC(=O)N1CCCC(CNc2nc(-c3c[nH]c4ncc(Cl)cc34)ncc2F)C1.O=C(Cc1ccccc1)N1CCCC(CNc2nc(-c3c[nH]c4ncc(Cl)cc34)ncc2F)C1. The second-order valence-corrected chi connectivity index (χ2v) is 17.0. The number of likely N-dealkylation sites (tertiary alicyclic amines) is 2. The summed E-state index contributed by atoms with van der Waals surface area (Å²) in [5.41, 5.74) is 3.69. The van der Waals surface area contributed by atoms with Crippen molar-refractivity contribution >= 4 is 68.9 Å². The van der Waals surface area contributed by atoms with Crippen LogP contribution in [-0.2, 0) is 20.7 Å². The Morgan fingerprint density at radius 3 is 1.82 bits per heavy atom. The lowest BCUT2D eigenvalue weighted by molar-refractivity contribution is -0.132. The summed E-state index contributed by atoms with van der Waals surface area (Å²) < 4.78 is 39.0. The lowest BCUT2D eigenvalue weighted by Gasteiger charge is -2.33. The van der Waals surface area contributed by atoms with Crippen LogP contribution in [0.1, 0.15) is 31.2 Å². The molecule has 2 amide bonds. The molecule has 344 valence electrons. The topological polar surface area (TPSA) is 192 Å². The number of ether oxygens (including phenoxy) is 2. The van der Waals surface area contributed by atoms with Crippen molar-refractivity contribution in [1.29, 1.82) is 0 Å². The first-order valence-corrected chi connectivity index (χ1v) is 22.4. The normalized spacial score (nSPS) is 16.2. The summed E-state index contributed by atoms with van der Waals surface area (Å²) in [6, 6.07) is 13.3. The third kappa shape index (κ3) is 11.5. The number of carbonyl (C=O) groups excluding carboxylic acids is 2. The highest BCUT2D eigenvalue weighted by Crippen LogP contribution is 2.30. The molecule has 7 aromatic rings. The first-order valence-electron chi connectivity index (χ1n) is 21.6. The van der Waals surface area contributed by atoms with Gasteiger partial charge < -0.3 is 39.9 Å². The third-order valence-electron chi connectivity index (χ3n) is 11.4. The number of H-pyrrole nitrogens is 2. The zero-order chi connectivity index (χ0) is 46.0. The first-order chi connectivity index (χ1) is 32.1. The molecular weight excluding hydrogens is 893 g/mol. The van der Waals surface area contributed by atoms with Gasteiger partial charge in [0.2, 0.25) is 5.91 Å². The molecule has 20 heteroatoms. The number of nitrogens with zero attached hydrogens (tertiary/aromatic N) is 8. The third-order valence-corrected chi connectivity index (χ3v) is 11.9. The molecule has 1 aromatic carbocycles. The quantitative estimate of drug-likeness (QED) is 0.0809. The number of anilines is 2. The number of benzene rings is 1. The molecule has 2 aliphatic heterocycles. The highest BCUT2D eigenvalue weighted by molar-refractivity contribution is 6.31. The Morgan fingerprint density at radius 2 is 1.27 bits per heavy atom. The van der Waals surface area contributed by atoms with Crippen LogP contribution in [0.3, 0.4) is 0 Å². The molecule has 8 heterocycles. The largest absolute Gasteiger partial charge is 0.447 e. The molecule has 16 nitrogen and oxygen atoms in total. The number of aromatic nitrogens is 8. The Morgan fingerprint density at radius 1 is 0.742 bits per heavy atom. The van der Waals surface area contributed by atoms with E-state index in [1.54, 1.807) is 48.9 Å². The van der Waals surface area contributed by atoms with Crippen molar-refractivity contribution in [1.82, 2.24) is 49.7 Å². The van der Waals surface area contributed by atoms with Gasteiger partial charge in [-0.2, -0.15) is 0 Å². The number of rotatable bonds is 13. The van der Waals surface area contributed by atoms with Crippen molar-refractivity contribution in [3.8, 4) is 22.8 Å². The van der Waals surface area contributed by atoms with Crippen LogP contribution < -0.4 is 10.6 Å². The molecule has 6 aromatic heterocycles. The van der Waals surface area contributed by atoms with Crippen LogP contribution in [0.25, 0.3) is 44.8 Å². The average molecular weight is 942 g/mol. The number of halogens is 4. The van der Waals surface area contributed by atoms with Crippen LogP contribution in [0.15, 0.2) is 79.6 Å². The minimum absolute atomic E-state index is 0.110. The van der Waals surface area contributed by atoms with Crippen LogP contribution in [-0.4, -0.2) is 121 Å². The summed E-state index contributed by atoms with van der Waals surface area (Å²) in [6.45, 7) is 4.14. The van der Waals surface area contributed by atoms with Gasteiger partial charge in [0.15, 0.2) is 34.9 Å². The fraction of sp³-hybridized carbons (Fsp3) is 0.348. The van der Waals surface area contributed by atoms with Crippen molar-refractivity contribution in [3.05, 3.63) is 107 Å². The van der Waals surface area contributed by atoms with Crippen LogP contribution in [0, 0.1) is 23.5 Å². The summed E-state index contributed by atoms with van der Waals surface area (Å²) in [6.07, 6.45) is 12.6. The number of piperidine rings is 2. The van der Waals surface area contributed by atoms with E-state index in [1.807, 2.05) is 35.2 Å². The maximum Gasteiger partial charge on any atom is 0.409 e. The molecule has 0 radical (unpaired) electrons. The predicted octanol–water partition coefficient (Wildman–Crippen LogP) is 8.42. The maximum atomic E-state index is 14.5. The van der Waals surface area contributed by atoms with Crippen molar-refractivity contribution in [2.45, 2.75) is 32.1 Å². The highest BCUT2D eigenvalue weighted by atomic mass is 35.5. The van der Waals surface area contributed by atoms with E-state index in [0.717, 1.165) is 61.0 Å². The molecule has 2 saturated heterocycles. The zero-order valence-electron chi connectivity index (χ0n) is 36.1. The van der Waals surface area contributed by atoms with Gasteiger partial charge in [-0.25, -0.2) is 43.5 Å². The van der Waals surface area contributed by atoms with Gasteiger partial charge in [-0.15, -0.1) is 0 Å². The van der Waals surface area contributed by atoms with Crippen molar-refractivity contribution in [2.75, 3.05) is 70.2 Å². The fourth-order valence-corrected chi connectivity index (χ4v) is 8.41. The lowest BCUT2D eigenvalue weighted by Crippen LogP contribution is -2.42. The Hall–Kier alpha value is -6.50. The van der Waals surface area contributed by atoms with E-state index in [0.29, 0.717) is 89.9 Å². The van der Waals surface area contributed by atoms with Crippen molar-refractivity contribution in [3.63, 3.8) is 0 Å². The van der Waals surface area contributed by atoms with Gasteiger partial charge in [-0.05, 0) is 55.2 Å². The fourth-order valence-electron chi connectivity index (χ4n) is 8.09. The minimum Gasteiger partial charge on any atom is -0.447 e. The minimum atomic E-state index is -0.545. The predicted molar refractivity (Wildman–Crippen MR) is 248 cm³/mol. The molecule has 2 fully saturated rings. The molecule has 0 saturated carbocycles. The van der Waals surface area contributed by atoms with Gasteiger partial charge in [0, 0.05) is 93.1 Å². The molecular formula is C46H48Cl2F2N12O4. The first kappa shape index (κ1) is 46.0. The Balaban J connectivity index is 0.000000180. The molecule has 2 atom stereocenters. The van der Waals surface area contributed by atoms with Gasteiger partial charge in [-0.1, -0.05) is 53.5 Å². The number of amides is 2. The van der Waals surface area contributed by atoms with Crippen molar-refractivity contribution < 1.29 is 27.8 Å². The monoisotopic (exact) mass is 940 g/mol. The number of aromatic amines is 2. The second kappa shape index (κ2) is 21.7. The molecule has 0 bridgehead atoms. The molecule has 0 spiro atoms. The summed E-state index contributed by atoms with van der Waals surface area (Å²) in [5, 5.41) is 8.73. The molecule has 66 heavy (non-hydrogen) atoms. The maximum absolute atomic E-state index is 14.5. The smallest absolute Gasteiger partial charge is 0.409 e. The number of methoxy groups -OCH3 is 1. The second-order valence-electron chi connectivity index (χ2n) is 16.1. The van der Waals surface area contributed by atoms with Gasteiger partial charge in [-0.3, -0.25) is 4.79 Å². The number of hydrogen-bond donors (Lipinski definition) is 4. The Labute approximate surface area is 388 Å². The number of hydrogen-bond acceptors (Lipinski definition) is 12. The van der Waals surface area contributed by atoms with Crippen molar-refractivity contribution in [2.24, 2.45) is 11.8 Å². The molecule has 4 N–H and O–H groups in total. The standard InChI is InChI=1S/C25H24ClFN6O.C21H24ClFN6O3/c26-18-10-19-20(13-30-23(19)29-12-18)24-31-14-21(27)25(32-24)28-11-17-7-4-8-33(15-17)22(34)9-16-5-2-1-3-6-16;1-31-5-6-32-21(30)29-4-2-3-13(12-29)8-24-20-17(23)11-27-19(28-20)16-10-26-18-15(16)7-14(22)9-25-18/h1-3,5-6,10,12-14,17H,4,7-9,11,15H2,(H,29,30)(H,28,31,32);7,9-11,13H,2-6,8,12H2,1H3,(H,25,26)(H,24,27,28). The van der Waals surface area contributed by atoms with E-state index in [1.165, 1.54) is 0 Å². The van der Waals surface area contributed by atoms with E-state index in [9.17, 15) is 18.4 Å². The summed E-state index contributed by atoms with van der Waals surface area (Å²) >= 11 is 12.2. The van der Waals surface area contributed by atoms with Crippen LogP contribution in [0.4, 0.5) is 25.2 Å². The Bertz CT molecular complexity index is 2780. The van der Waals surface area contributed by atoms with Gasteiger partial charge in [0.1, 0.15) is 17.9 Å². The van der Waals surface area contributed by atoms with E-state index in [-0.39, 0.29) is 42.1 Å². The number of carbonyl (C=O) groups is 2. The summed E-state index contributed by atoms with van der Waals surface area (Å²) in [7, 11) is 1.55. The number of fused-ring (bicyclic) bond motifs is 2. The Kier molecular flexibility index (Phi) is 15.1. The zero-order valence-corrected chi connectivity index (χ0v) is 37.6. The van der Waals surface area contributed by atoms with E-state index in [4.69, 9.17) is 32.7 Å². The molecule has 9 rings (SSSR count). The molecule has 2 unspecified atom stereocenters. The average Bonchev–Trinajstić information content (AvgIpc) is 3.96. The summed E-state index contributed by atoms with van der Waals surface area (Å²) in [5.74, 6) is 0.400. The van der Waals surface area contributed by atoms with Crippen LogP contribution >= 0.6 is 23.2 Å². The van der Waals surface area contributed by atoms with Gasteiger partial charge >= 0.3 is 6.09 Å². The van der Waals surface area contributed by atoms with E-state index < -0.39 is 11.6 Å². The number of pyridine rings is 2. The van der Waals surface area contributed by atoms with E-state index >= 15 is 0 Å². The van der Waals surface area contributed by atoms with Gasteiger partial charge in [0.25, 0.3) is 0 Å². The van der Waals surface area contributed by atoms with Crippen LogP contribution in [0.2, 0.25) is 10.0 Å². The van der Waals surface area contributed by atoms with Crippen LogP contribution in [0.5, 0.6) is 0 Å². The van der Waals surface area contributed by atoms with E-state index in [2.05, 4.69) is 50.5 Å². The number of nitrogens with one attached hydrogen (secondary N) is 4. The molecule has 2 aliphatic rings. The molecule has 0 aliphatic carbocycles. The lowest BCUT2D eigenvalue weighted by atomic mass is 9.97.